The van der Waals surface area contributed by atoms with E-state index in [1.807, 2.05) is 6.07 Å². The molecule has 2 aromatic heterocycles. The van der Waals surface area contributed by atoms with Crippen molar-refractivity contribution >= 4 is 12.1 Å². The molecule has 1 aliphatic heterocycles. The molecule has 3 rings (SSSR count). The zero-order chi connectivity index (χ0) is 11.1. The zero-order valence-electron chi connectivity index (χ0n) is 8.16. The summed E-state index contributed by atoms with van der Waals surface area (Å²) in [6.07, 6.45) is 4.53. The van der Waals surface area contributed by atoms with Crippen LogP contribution in [-0.2, 0) is 0 Å². The van der Waals surface area contributed by atoms with Crippen molar-refractivity contribution in [1.82, 2.24) is 9.55 Å². The van der Waals surface area contributed by atoms with Gasteiger partial charge in [0.05, 0.1) is 11.1 Å². The normalized spacial score (nSPS) is 13.1. The minimum atomic E-state index is -0.333. The van der Waals surface area contributed by atoms with E-state index in [2.05, 4.69) is 9.98 Å². The van der Waals surface area contributed by atoms with Crippen molar-refractivity contribution in [2.75, 3.05) is 0 Å². The fourth-order valence-electron chi connectivity index (χ4n) is 1.67. The van der Waals surface area contributed by atoms with E-state index in [-0.39, 0.29) is 11.8 Å². The Kier molecular flexibility index (Phi) is 1.67. The fraction of sp³-hybridized carbons (Fsp3) is 0. The van der Waals surface area contributed by atoms with Crippen LogP contribution in [0.3, 0.4) is 0 Å². The first-order valence-corrected chi connectivity index (χ1v) is 4.71. The molecule has 0 saturated heterocycles. The fourth-order valence-corrected chi connectivity index (χ4v) is 1.67. The van der Waals surface area contributed by atoms with Gasteiger partial charge in [-0.3, -0.25) is 9.36 Å². The summed E-state index contributed by atoms with van der Waals surface area (Å²) in [6.45, 7) is 0. The van der Waals surface area contributed by atoms with E-state index in [0.717, 1.165) is 0 Å². The number of aromatic hydroxyl groups is 1. The van der Waals surface area contributed by atoms with Crippen molar-refractivity contribution in [3.05, 3.63) is 41.7 Å². The van der Waals surface area contributed by atoms with Gasteiger partial charge in [0.2, 0.25) is 5.88 Å². The number of nitrogens with zero attached hydrogens (tertiary/aromatic N) is 3. The van der Waals surface area contributed by atoms with Crippen LogP contribution in [0.15, 0.2) is 35.6 Å². The third-order valence-corrected chi connectivity index (χ3v) is 2.45. The van der Waals surface area contributed by atoms with Crippen molar-refractivity contribution in [1.29, 1.82) is 0 Å². The van der Waals surface area contributed by atoms with Crippen LogP contribution in [-0.4, -0.2) is 26.8 Å². The lowest BCUT2D eigenvalue weighted by molar-refractivity contribution is 0.101. The van der Waals surface area contributed by atoms with Gasteiger partial charge in [-0.25, -0.2) is 9.98 Å². The predicted molar refractivity (Wildman–Crippen MR) is 57.2 cm³/mol. The third kappa shape index (κ3) is 1.08. The Hall–Kier alpha value is -2.43. The van der Waals surface area contributed by atoms with Gasteiger partial charge in [-0.1, -0.05) is 6.07 Å². The second-order valence-corrected chi connectivity index (χ2v) is 3.40. The molecule has 0 saturated carbocycles. The van der Waals surface area contributed by atoms with Crippen LogP contribution in [0.4, 0.5) is 0 Å². The monoisotopic (exact) mass is 213 g/mol. The molecule has 0 fully saturated rings. The lowest BCUT2D eigenvalue weighted by atomic mass is 10.2. The molecule has 1 aliphatic rings. The van der Waals surface area contributed by atoms with E-state index in [9.17, 15) is 9.90 Å². The highest BCUT2D eigenvalue weighted by atomic mass is 16.3. The molecule has 0 atom stereocenters. The number of hydrogen-bond acceptors (Lipinski definition) is 3. The molecule has 0 radical (unpaired) electrons. The molecule has 2 aromatic rings. The smallest absolute Gasteiger partial charge is 0.279 e. The molecule has 16 heavy (non-hydrogen) atoms. The number of hydrogen-bond donors (Lipinski definition) is 1. The maximum absolute atomic E-state index is 11.3. The lowest BCUT2D eigenvalue weighted by Gasteiger charge is -2.02. The summed E-state index contributed by atoms with van der Waals surface area (Å²) >= 11 is 0. The van der Waals surface area contributed by atoms with Gasteiger partial charge in [0.25, 0.3) is 5.91 Å². The zero-order valence-corrected chi connectivity index (χ0v) is 8.16. The summed E-state index contributed by atoms with van der Waals surface area (Å²) in [5.41, 5.74) is 0.860. The largest absolute Gasteiger partial charge is 0.494 e. The first-order chi connectivity index (χ1) is 7.77. The van der Waals surface area contributed by atoms with E-state index in [0.29, 0.717) is 16.9 Å². The maximum atomic E-state index is 11.3. The SMILES string of the molecule is O=C1N=Cc2c1cn(-c1ccccn1)c2O. The molecule has 5 nitrogen and oxygen atoms in total. The van der Waals surface area contributed by atoms with Gasteiger partial charge in [-0.15, -0.1) is 0 Å². The van der Waals surface area contributed by atoms with Gasteiger partial charge in [0.1, 0.15) is 5.82 Å². The van der Waals surface area contributed by atoms with E-state index < -0.39 is 0 Å². The van der Waals surface area contributed by atoms with Gasteiger partial charge in [-0.2, -0.15) is 0 Å². The number of fused-ring (bicyclic) bond motifs is 1. The highest BCUT2D eigenvalue weighted by molar-refractivity contribution is 6.14. The van der Waals surface area contributed by atoms with Crippen molar-refractivity contribution in [3.8, 4) is 11.7 Å². The van der Waals surface area contributed by atoms with E-state index in [4.69, 9.17) is 0 Å². The van der Waals surface area contributed by atoms with Crippen LogP contribution < -0.4 is 0 Å². The number of pyridine rings is 1. The molecular weight excluding hydrogens is 206 g/mol. The summed E-state index contributed by atoms with van der Waals surface area (Å²) < 4.78 is 1.47. The average Bonchev–Trinajstić information content (AvgIpc) is 2.83. The molecule has 0 aromatic carbocycles. The van der Waals surface area contributed by atoms with Crippen molar-refractivity contribution in [3.63, 3.8) is 0 Å². The Bertz CT molecular complexity index is 599. The van der Waals surface area contributed by atoms with Gasteiger partial charge in [0.15, 0.2) is 0 Å². The lowest BCUT2D eigenvalue weighted by Crippen LogP contribution is -1.95. The molecule has 0 bridgehead atoms. The predicted octanol–water partition coefficient (Wildman–Crippen LogP) is 1.15. The maximum Gasteiger partial charge on any atom is 0.279 e. The van der Waals surface area contributed by atoms with Crippen LogP contribution in [0.5, 0.6) is 5.88 Å². The van der Waals surface area contributed by atoms with Gasteiger partial charge >= 0.3 is 0 Å². The van der Waals surface area contributed by atoms with Gasteiger partial charge in [-0.05, 0) is 12.1 Å². The van der Waals surface area contributed by atoms with Crippen molar-refractivity contribution in [2.45, 2.75) is 0 Å². The van der Waals surface area contributed by atoms with Crippen LogP contribution >= 0.6 is 0 Å². The standard InChI is InChI=1S/C11H7N3O2/c15-10-8-6-14(9-3-1-2-4-12-9)11(16)7(8)5-13-10/h1-6,16H. The highest BCUT2D eigenvalue weighted by Crippen LogP contribution is 2.28. The van der Waals surface area contributed by atoms with Crippen molar-refractivity contribution in [2.24, 2.45) is 4.99 Å². The molecule has 5 heteroatoms. The molecule has 1 amide bonds. The summed E-state index contributed by atoms with van der Waals surface area (Å²) in [4.78, 5) is 19.0. The Balaban J connectivity index is 2.22. The first-order valence-electron chi connectivity index (χ1n) is 4.71. The van der Waals surface area contributed by atoms with Gasteiger partial charge < -0.3 is 5.11 Å². The van der Waals surface area contributed by atoms with Crippen LogP contribution in [0, 0.1) is 0 Å². The summed E-state index contributed by atoms with van der Waals surface area (Å²) in [5.74, 6) is 0.221. The Morgan fingerprint density at radius 3 is 2.88 bits per heavy atom. The molecule has 1 N–H and O–H groups in total. The van der Waals surface area contributed by atoms with Gasteiger partial charge in [0, 0.05) is 18.6 Å². The Morgan fingerprint density at radius 2 is 2.19 bits per heavy atom. The molecule has 3 heterocycles. The third-order valence-electron chi connectivity index (χ3n) is 2.45. The van der Waals surface area contributed by atoms with Crippen LogP contribution in [0.2, 0.25) is 0 Å². The molecular formula is C11H7N3O2. The quantitative estimate of drug-likeness (QED) is 0.772. The number of amides is 1. The minimum Gasteiger partial charge on any atom is -0.494 e. The summed E-state index contributed by atoms with van der Waals surface area (Å²) in [6, 6.07) is 5.34. The van der Waals surface area contributed by atoms with E-state index in [1.54, 1.807) is 24.5 Å². The first kappa shape index (κ1) is 8.84. The second kappa shape index (κ2) is 3.03. The molecule has 0 aliphatic carbocycles. The number of aliphatic imine (C=N–C) groups is 1. The average molecular weight is 213 g/mol. The summed E-state index contributed by atoms with van der Waals surface area (Å²) in [5, 5.41) is 9.90. The number of carbonyl (C=O) groups is 1. The second-order valence-electron chi connectivity index (χ2n) is 3.40. The molecule has 0 unspecified atom stereocenters. The topological polar surface area (TPSA) is 67.5 Å². The number of carbonyl (C=O) groups excluding carboxylic acids is 1. The highest BCUT2D eigenvalue weighted by Gasteiger charge is 2.24. The van der Waals surface area contributed by atoms with Crippen LogP contribution in [0.25, 0.3) is 5.82 Å². The van der Waals surface area contributed by atoms with Crippen LogP contribution in [0.1, 0.15) is 15.9 Å². The van der Waals surface area contributed by atoms with E-state index in [1.165, 1.54) is 10.8 Å². The summed E-state index contributed by atoms with van der Waals surface area (Å²) in [7, 11) is 0. The number of aromatic nitrogens is 2. The van der Waals surface area contributed by atoms with Crippen molar-refractivity contribution < 1.29 is 9.90 Å². The number of rotatable bonds is 1. The van der Waals surface area contributed by atoms with E-state index >= 15 is 0 Å². The Labute approximate surface area is 90.7 Å². The minimum absolute atomic E-state index is 0.0108. The molecule has 78 valence electrons. The molecule has 0 spiro atoms. The Morgan fingerprint density at radius 1 is 1.31 bits per heavy atom.